The van der Waals surface area contributed by atoms with Gasteiger partial charge in [-0.15, -0.1) is 0 Å². The van der Waals surface area contributed by atoms with Crippen molar-refractivity contribution in [1.82, 2.24) is 5.32 Å². The molecule has 4 heteroatoms. The van der Waals surface area contributed by atoms with Crippen LogP contribution in [0.1, 0.15) is 16.7 Å². The highest BCUT2D eigenvalue weighted by Crippen LogP contribution is 2.14. The van der Waals surface area contributed by atoms with Gasteiger partial charge in [-0.1, -0.05) is 12.1 Å². The third kappa shape index (κ3) is 4.07. The summed E-state index contributed by atoms with van der Waals surface area (Å²) in [6.07, 6.45) is -0.252. The van der Waals surface area contributed by atoms with Crippen LogP contribution in [0.2, 0.25) is 0 Å². The van der Waals surface area contributed by atoms with E-state index in [0.717, 1.165) is 5.56 Å². The predicted octanol–water partition coefficient (Wildman–Crippen LogP) is 2.15. The van der Waals surface area contributed by atoms with E-state index in [-0.39, 0.29) is 12.1 Å². The topological polar surface area (TPSA) is 30.5 Å². The molecule has 0 radical (unpaired) electrons. The average Bonchev–Trinajstić information content (AvgIpc) is 2.31. The van der Waals surface area contributed by atoms with Crippen molar-refractivity contribution in [2.45, 2.75) is 26.7 Å². The number of ether oxygens (including phenoxy) is 2. The lowest BCUT2D eigenvalue weighted by atomic mass is 10.1. The summed E-state index contributed by atoms with van der Waals surface area (Å²) in [4.78, 5) is 0. The summed E-state index contributed by atoms with van der Waals surface area (Å²) in [5.41, 5.74) is 2.42. The molecular formula is C13H20FNO2. The quantitative estimate of drug-likeness (QED) is 0.774. The first-order chi connectivity index (χ1) is 8.08. The van der Waals surface area contributed by atoms with Gasteiger partial charge in [0.15, 0.2) is 6.29 Å². The Hall–Kier alpha value is -0.970. The zero-order valence-electron chi connectivity index (χ0n) is 10.8. The Bertz CT molecular complexity index is 341. The number of hydrogen-bond donors (Lipinski definition) is 1. The van der Waals surface area contributed by atoms with Crippen LogP contribution in [-0.4, -0.2) is 27.1 Å². The van der Waals surface area contributed by atoms with Gasteiger partial charge < -0.3 is 14.8 Å². The zero-order valence-corrected chi connectivity index (χ0v) is 10.8. The highest BCUT2D eigenvalue weighted by Gasteiger charge is 2.06. The average molecular weight is 241 g/mol. The molecule has 96 valence electrons. The van der Waals surface area contributed by atoms with E-state index in [1.807, 2.05) is 12.1 Å². The van der Waals surface area contributed by atoms with E-state index < -0.39 is 0 Å². The highest BCUT2D eigenvalue weighted by atomic mass is 19.1. The largest absolute Gasteiger partial charge is 0.355 e. The normalized spacial score (nSPS) is 11.2. The number of nitrogens with one attached hydrogen (secondary N) is 1. The fourth-order valence-electron chi connectivity index (χ4n) is 1.73. The van der Waals surface area contributed by atoms with Crippen molar-refractivity contribution in [3.8, 4) is 0 Å². The molecule has 0 fully saturated rings. The molecule has 1 rings (SSSR count). The molecule has 0 unspecified atom stereocenters. The maximum absolute atomic E-state index is 13.4. The minimum absolute atomic E-state index is 0.125. The molecule has 0 bridgehead atoms. The van der Waals surface area contributed by atoms with Crippen LogP contribution in [0.4, 0.5) is 4.39 Å². The summed E-state index contributed by atoms with van der Waals surface area (Å²) >= 11 is 0. The Kier molecular flexibility index (Phi) is 5.55. The van der Waals surface area contributed by atoms with Crippen molar-refractivity contribution in [2.75, 3.05) is 20.8 Å². The van der Waals surface area contributed by atoms with Gasteiger partial charge in [-0.3, -0.25) is 0 Å². The summed E-state index contributed by atoms with van der Waals surface area (Å²) in [6, 6.07) is 3.70. The number of halogens is 1. The molecule has 17 heavy (non-hydrogen) atoms. The third-order valence-electron chi connectivity index (χ3n) is 2.66. The van der Waals surface area contributed by atoms with Crippen LogP contribution in [-0.2, 0) is 16.0 Å². The number of hydrogen-bond acceptors (Lipinski definition) is 3. The number of methoxy groups -OCH3 is 2. The van der Waals surface area contributed by atoms with E-state index in [1.54, 1.807) is 28.1 Å². The number of aryl methyl sites for hydroxylation is 2. The molecule has 0 aromatic heterocycles. The molecular weight excluding hydrogens is 221 g/mol. The summed E-state index contributed by atoms with van der Waals surface area (Å²) in [7, 11) is 3.20. The van der Waals surface area contributed by atoms with E-state index in [0.29, 0.717) is 24.2 Å². The van der Waals surface area contributed by atoms with Crippen LogP contribution in [0.5, 0.6) is 0 Å². The van der Waals surface area contributed by atoms with E-state index in [2.05, 4.69) is 5.32 Å². The second kappa shape index (κ2) is 6.69. The van der Waals surface area contributed by atoms with Crippen molar-refractivity contribution in [2.24, 2.45) is 0 Å². The van der Waals surface area contributed by atoms with Gasteiger partial charge in [-0.25, -0.2) is 4.39 Å². The van der Waals surface area contributed by atoms with E-state index in [4.69, 9.17) is 9.47 Å². The van der Waals surface area contributed by atoms with Crippen LogP contribution < -0.4 is 5.32 Å². The molecule has 0 saturated carbocycles. The van der Waals surface area contributed by atoms with Gasteiger partial charge in [0.1, 0.15) is 5.82 Å². The molecule has 0 aliphatic heterocycles. The minimum Gasteiger partial charge on any atom is -0.355 e. The molecule has 1 aromatic carbocycles. The Balaban J connectivity index is 2.52. The Labute approximate surface area is 102 Å². The van der Waals surface area contributed by atoms with Gasteiger partial charge in [0.2, 0.25) is 0 Å². The molecule has 3 nitrogen and oxygen atoms in total. The Morgan fingerprint density at radius 1 is 1.18 bits per heavy atom. The predicted molar refractivity (Wildman–Crippen MR) is 65.4 cm³/mol. The van der Waals surface area contributed by atoms with Crippen LogP contribution in [0, 0.1) is 19.7 Å². The summed E-state index contributed by atoms with van der Waals surface area (Å²) < 4.78 is 23.5. The van der Waals surface area contributed by atoms with Gasteiger partial charge in [0, 0.05) is 27.3 Å². The van der Waals surface area contributed by atoms with Crippen LogP contribution in [0.3, 0.4) is 0 Å². The standard InChI is InChI=1S/C13H20FNO2/c1-9-5-11(6-10(2)13(9)14)7-15-8-12(16-3)17-4/h5-6,12,15H,7-8H2,1-4H3. The monoisotopic (exact) mass is 241 g/mol. The SMILES string of the molecule is COC(CNCc1cc(C)c(F)c(C)c1)OC. The maximum atomic E-state index is 13.4. The molecule has 0 spiro atoms. The molecule has 0 aliphatic carbocycles. The lowest BCUT2D eigenvalue weighted by Gasteiger charge is -2.14. The van der Waals surface area contributed by atoms with Gasteiger partial charge in [0.05, 0.1) is 0 Å². The smallest absolute Gasteiger partial charge is 0.169 e. The second-order valence-corrected chi connectivity index (χ2v) is 4.08. The van der Waals surface area contributed by atoms with E-state index >= 15 is 0 Å². The van der Waals surface area contributed by atoms with Crippen molar-refractivity contribution in [3.63, 3.8) is 0 Å². The first-order valence-electron chi connectivity index (χ1n) is 5.60. The van der Waals surface area contributed by atoms with Gasteiger partial charge in [-0.2, -0.15) is 0 Å². The van der Waals surface area contributed by atoms with Gasteiger partial charge in [0.25, 0.3) is 0 Å². The van der Waals surface area contributed by atoms with Crippen LogP contribution in [0.15, 0.2) is 12.1 Å². The first kappa shape index (κ1) is 14.1. The Morgan fingerprint density at radius 3 is 2.18 bits per heavy atom. The molecule has 0 amide bonds. The lowest BCUT2D eigenvalue weighted by molar-refractivity contribution is -0.0989. The molecule has 1 aromatic rings. The van der Waals surface area contributed by atoms with Crippen molar-refractivity contribution >= 4 is 0 Å². The molecule has 0 aliphatic rings. The molecule has 0 saturated heterocycles. The van der Waals surface area contributed by atoms with Crippen molar-refractivity contribution < 1.29 is 13.9 Å². The zero-order chi connectivity index (χ0) is 12.8. The van der Waals surface area contributed by atoms with E-state index in [9.17, 15) is 4.39 Å². The van der Waals surface area contributed by atoms with E-state index in [1.165, 1.54) is 0 Å². The Morgan fingerprint density at radius 2 is 1.71 bits per heavy atom. The van der Waals surface area contributed by atoms with Crippen molar-refractivity contribution in [1.29, 1.82) is 0 Å². The fraction of sp³-hybridized carbons (Fsp3) is 0.538. The summed E-state index contributed by atoms with van der Waals surface area (Å²) in [5.74, 6) is -0.125. The highest BCUT2D eigenvalue weighted by molar-refractivity contribution is 5.30. The van der Waals surface area contributed by atoms with Crippen LogP contribution >= 0.6 is 0 Å². The minimum atomic E-state index is -0.252. The summed E-state index contributed by atoms with van der Waals surface area (Å²) in [6.45, 7) is 4.82. The van der Waals surface area contributed by atoms with Crippen LogP contribution in [0.25, 0.3) is 0 Å². The first-order valence-corrected chi connectivity index (χ1v) is 5.60. The number of benzene rings is 1. The molecule has 0 atom stereocenters. The molecule has 0 heterocycles. The van der Waals surface area contributed by atoms with Crippen molar-refractivity contribution in [3.05, 3.63) is 34.6 Å². The summed E-state index contributed by atoms with van der Waals surface area (Å²) in [5, 5.41) is 3.21. The van der Waals surface area contributed by atoms with Gasteiger partial charge in [-0.05, 0) is 30.5 Å². The number of rotatable bonds is 6. The lowest BCUT2D eigenvalue weighted by Crippen LogP contribution is -2.29. The maximum Gasteiger partial charge on any atom is 0.169 e. The van der Waals surface area contributed by atoms with Gasteiger partial charge >= 0.3 is 0 Å². The third-order valence-corrected chi connectivity index (χ3v) is 2.66. The molecule has 1 N–H and O–H groups in total. The second-order valence-electron chi connectivity index (χ2n) is 4.08. The fourth-order valence-corrected chi connectivity index (χ4v) is 1.73.